The van der Waals surface area contributed by atoms with Crippen LogP contribution < -0.4 is 5.32 Å². The molecule has 3 aromatic heterocycles. The van der Waals surface area contributed by atoms with Crippen molar-refractivity contribution in [2.45, 2.75) is 26.4 Å². The molecule has 1 amide bonds. The predicted octanol–water partition coefficient (Wildman–Crippen LogP) is 5.88. The number of nitrogens with zero attached hydrogens (tertiary/aromatic N) is 4. The highest BCUT2D eigenvalue weighted by Gasteiger charge is 2.33. The molecule has 1 aromatic carbocycles. The van der Waals surface area contributed by atoms with Crippen LogP contribution in [-0.2, 0) is 12.6 Å². The van der Waals surface area contributed by atoms with E-state index in [0.717, 1.165) is 11.8 Å². The van der Waals surface area contributed by atoms with Crippen molar-refractivity contribution in [1.29, 1.82) is 0 Å². The predicted molar refractivity (Wildman–Crippen MR) is 119 cm³/mol. The molecule has 0 atom stereocenters. The van der Waals surface area contributed by atoms with E-state index >= 15 is 0 Å². The number of hydrogen-bond acceptors (Lipinski definition) is 5. The molecule has 4 aromatic rings. The van der Waals surface area contributed by atoms with E-state index in [9.17, 15) is 18.0 Å². The zero-order valence-electron chi connectivity index (χ0n) is 17.5. The fraction of sp³-hybridized carbons (Fsp3) is 0.174. The summed E-state index contributed by atoms with van der Waals surface area (Å²) < 4.78 is 38.7. The van der Waals surface area contributed by atoms with Crippen LogP contribution in [-0.4, -0.2) is 25.8 Å². The average Bonchev–Trinajstić information content (AvgIpc) is 2.79. The van der Waals surface area contributed by atoms with Crippen LogP contribution in [0.3, 0.4) is 0 Å². The number of pyridine rings is 2. The highest BCUT2D eigenvalue weighted by molar-refractivity contribution is 6.32. The van der Waals surface area contributed by atoms with Crippen LogP contribution in [0.25, 0.3) is 22.2 Å². The lowest BCUT2D eigenvalue weighted by molar-refractivity contribution is -0.141. The van der Waals surface area contributed by atoms with E-state index in [0.29, 0.717) is 46.2 Å². The Kier molecular flexibility index (Phi) is 5.99. The molecule has 0 saturated heterocycles. The Morgan fingerprint density at radius 2 is 1.85 bits per heavy atom. The summed E-state index contributed by atoms with van der Waals surface area (Å²) in [6.45, 7) is 3.81. The molecular formula is C23H17ClF3N5O. The first-order chi connectivity index (χ1) is 15.7. The third-order valence-corrected chi connectivity index (χ3v) is 5.27. The van der Waals surface area contributed by atoms with Crippen molar-refractivity contribution < 1.29 is 18.0 Å². The van der Waals surface area contributed by atoms with Gasteiger partial charge in [0.05, 0.1) is 0 Å². The molecule has 168 valence electrons. The smallest absolute Gasteiger partial charge is 0.322 e. The van der Waals surface area contributed by atoms with Crippen molar-refractivity contribution in [3.63, 3.8) is 0 Å². The van der Waals surface area contributed by atoms with Gasteiger partial charge in [-0.1, -0.05) is 24.6 Å². The number of anilines is 1. The number of hydrogen-bond donors (Lipinski definition) is 1. The van der Waals surface area contributed by atoms with Crippen molar-refractivity contribution in [1.82, 2.24) is 19.9 Å². The number of benzene rings is 1. The normalized spacial score (nSPS) is 11.6. The number of halogens is 4. The third kappa shape index (κ3) is 4.78. The Labute approximate surface area is 191 Å². The van der Waals surface area contributed by atoms with E-state index < -0.39 is 17.8 Å². The Balaban J connectivity index is 1.68. The summed E-state index contributed by atoms with van der Waals surface area (Å²) in [5, 5.41) is 3.56. The number of fused-ring (bicyclic) bond motifs is 1. The van der Waals surface area contributed by atoms with Gasteiger partial charge in [0.1, 0.15) is 16.7 Å². The van der Waals surface area contributed by atoms with Crippen LogP contribution >= 0.6 is 11.6 Å². The summed E-state index contributed by atoms with van der Waals surface area (Å²) in [6, 6.07) is 8.86. The highest BCUT2D eigenvalue weighted by atomic mass is 35.5. The molecule has 0 saturated carbocycles. The lowest BCUT2D eigenvalue weighted by Crippen LogP contribution is -2.15. The fourth-order valence-corrected chi connectivity index (χ4v) is 3.49. The van der Waals surface area contributed by atoms with Gasteiger partial charge in [0.25, 0.3) is 5.91 Å². The van der Waals surface area contributed by atoms with Gasteiger partial charge in [-0.3, -0.25) is 9.78 Å². The second kappa shape index (κ2) is 8.74. The number of nitrogens with one attached hydrogen (secondary N) is 1. The van der Waals surface area contributed by atoms with Gasteiger partial charge in [-0.05, 0) is 48.4 Å². The Morgan fingerprint density at radius 1 is 1.06 bits per heavy atom. The summed E-state index contributed by atoms with van der Waals surface area (Å²) in [6.07, 6.45) is -1.35. The largest absolute Gasteiger partial charge is 0.433 e. The van der Waals surface area contributed by atoms with Gasteiger partial charge in [-0.2, -0.15) is 13.2 Å². The summed E-state index contributed by atoms with van der Waals surface area (Å²) in [7, 11) is 0. The molecular weight excluding hydrogens is 455 g/mol. The molecule has 0 bridgehead atoms. The topological polar surface area (TPSA) is 80.7 Å². The second-order valence-electron chi connectivity index (χ2n) is 7.29. The molecule has 0 unspecified atom stereocenters. The Morgan fingerprint density at radius 3 is 2.58 bits per heavy atom. The average molecular weight is 472 g/mol. The van der Waals surface area contributed by atoms with E-state index in [-0.39, 0.29) is 10.7 Å². The van der Waals surface area contributed by atoms with E-state index in [1.165, 1.54) is 6.07 Å². The van der Waals surface area contributed by atoms with E-state index in [4.69, 9.17) is 11.6 Å². The van der Waals surface area contributed by atoms with E-state index in [1.807, 2.05) is 19.9 Å². The molecule has 33 heavy (non-hydrogen) atoms. The summed E-state index contributed by atoms with van der Waals surface area (Å²) in [4.78, 5) is 28.9. The minimum Gasteiger partial charge on any atom is -0.322 e. The third-order valence-electron chi connectivity index (χ3n) is 4.99. The van der Waals surface area contributed by atoms with Crippen molar-refractivity contribution in [2.75, 3.05) is 5.32 Å². The van der Waals surface area contributed by atoms with Gasteiger partial charge >= 0.3 is 6.18 Å². The Hall–Kier alpha value is -3.59. The standard InChI is InChI=1S/C23H17ClF3N5O/c1-3-19-29-11-14-8-17(20(24)32-21(14)31-19)16-10-15(5-4-12(16)2)30-22(33)13-6-7-28-18(9-13)23(25,26)27/h4-11H,3H2,1-2H3,(H,30,33). The van der Waals surface area contributed by atoms with Gasteiger partial charge in [0.15, 0.2) is 5.65 Å². The summed E-state index contributed by atoms with van der Waals surface area (Å²) >= 11 is 6.45. The van der Waals surface area contributed by atoms with Gasteiger partial charge in [0.2, 0.25) is 0 Å². The molecule has 0 aliphatic rings. The minimum atomic E-state index is -4.64. The molecule has 6 nitrogen and oxygen atoms in total. The zero-order valence-corrected chi connectivity index (χ0v) is 18.3. The number of aromatic nitrogens is 4. The number of rotatable bonds is 4. The summed E-state index contributed by atoms with van der Waals surface area (Å²) in [5.41, 5.74) is 1.77. The van der Waals surface area contributed by atoms with Crippen LogP contribution in [0.4, 0.5) is 18.9 Å². The molecule has 10 heteroatoms. The van der Waals surface area contributed by atoms with Crippen LogP contribution in [0.15, 0.2) is 48.8 Å². The number of alkyl halides is 3. The maximum atomic E-state index is 12.9. The van der Waals surface area contributed by atoms with Crippen molar-refractivity contribution in [2.24, 2.45) is 0 Å². The van der Waals surface area contributed by atoms with Gasteiger partial charge in [-0.25, -0.2) is 15.0 Å². The van der Waals surface area contributed by atoms with E-state index in [1.54, 1.807) is 24.4 Å². The van der Waals surface area contributed by atoms with Crippen LogP contribution in [0.2, 0.25) is 5.15 Å². The first-order valence-corrected chi connectivity index (χ1v) is 10.3. The maximum absolute atomic E-state index is 12.9. The van der Waals surface area contributed by atoms with Gasteiger partial charge in [0, 0.05) is 41.0 Å². The monoisotopic (exact) mass is 471 g/mol. The SMILES string of the molecule is CCc1ncc2cc(-c3cc(NC(=O)c4ccnc(C(F)(F)F)c4)ccc3C)c(Cl)nc2n1. The fourth-order valence-electron chi connectivity index (χ4n) is 3.26. The molecule has 1 N–H and O–H groups in total. The van der Waals surface area contributed by atoms with Crippen LogP contribution in [0, 0.1) is 6.92 Å². The van der Waals surface area contributed by atoms with Crippen molar-refractivity contribution in [3.8, 4) is 11.1 Å². The molecule has 0 fully saturated rings. The van der Waals surface area contributed by atoms with Crippen LogP contribution in [0.5, 0.6) is 0 Å². The number of carbonyl (C=O) groups is 1. The Bertz CT molecular complexity index is 1370. The van der Waals surface area contributed by atoms with Crippen molar-refractivity contribution in [3.05, 3.63) is 76.6 Å². The van der Waals surface area contributed by atoms with Gasteiger partial charge in [-0.15, -0.1) is 0 Å². The molecule has 0 aliphatic heterocycles. The number of amides is 1. The van der Waals surface area contributed by atoms with Gasteiger partial charge < -0.3 is 5.32 Å². The first kappa shape index (κ1) is 22.6. The first-order valence-electron chi connectivity index (χ1n) is 9.93. The lowest BCUT2D eigenvalue weighted by Gasteiger charge is -2.13. The molecule has 0 aliphatic carbocycles. The minimum absolute atomic E-state index is 0.159. The molecule has 3 heterocycles. The molecule has 4 rings (SSSR count). The quantitative estimate of drug-likeness (QED) is 0.376. The maximum Gasteiger partial charge on any atom is 0.433 e. The van der Waals surface area contributed by atoms with E-state index in [2.05, 4.69) is 25.3 Å². The zero-order chi connectivity index (χ0) is 23.8. The van der Waals surface area contributed by atoms with Crippen molar-refractivity contribution >= 4 is 34.2 Å². The lowest BCUT2D eigenvalue weighted by atomic mass is 10.0. The number of carbonyl (C=O) groups excluding carboxylic acids is 1. The molecule has 0 spiro atoms. The molecule has 0 radical (unpaired) electrons. The second-order valence-corrected chi connectivity index (χ2v) is 7.65. The summed E-state index contributed by atoms with van der Waals surface area (Å²) in [5.74, 6) is -0.0366. The van der Waals surface area contributed by atoms with Crippen LogP contribution in [0.1, 0.15) is 34.4 Å². The highest BCUT2D eigenvalue weighted by Crippen LogP contribution is 2.33. The number of aryl methyl sites for hydroxylation is 2.